The Bertz CT molecular complexity index is 444. The maximum Gasteiger partial charge on any atom is 0.0697 e. The summed E-state index contributed by atoms with van der Waals surface area (Å²) in [6, 6.07) is 0.0269. The van der Waals surface area contributed by atoms with E-state index in [4.69, 9.17) is 10.5 Å². The summed E-state index contributed by atoms with van der Waals surface area (Å²) < 4.78 is 8.16. The van der Waals surface area contributed by atoms with Crippen LogP contribution >= 0.6 is 15.9 Å². The molecule has 2 atom stereocenters. The van der Waals surface area contributed by atoms with E-state index in [0.717, 1.165) is 16.7 Å². The molecule has 1 heterocycles. The fourth-order valence-electron chi connectivity index (χ4n) is 3.44. The summed E-state index contributed by atoms with van der Waals surface area (Å²) in [5.74, 6) is 0.505. The molecule has 0 aliphatic heterocycles. The van der Waals surface area contributed by atoms with Crippen LogP contribution in [0.15, 0.2) is 10.7 Å². The fraction of sp³-hybridized carbons (Fsp3) is 0.800. The van der Waals surface area contributed by atoms with Crippen LogP contribution in [0.4, 0.5) is 0 Å². The fourth-order valence-corrected chi connectivity index (χ4v) is 4.00. The van der Waals surface area contributed by atoms with Crippen molar-refractivity contribution in [2.75, 3.05) is 13.7 Å². The Kier molecular flexibility index (Phi) is 5.26. The van der Waals surface area contributed by atoms with E-state index in [1.54, 1.807) is 7.11 Å². The minimum Gasteiger partial charge on any atom is -0.383 e. The normalized spacial score (nSPS) is 23.8. The molecule has 0 spiro atoms. The van der Waals surface area contributed by atoms with Crippen LogP contribution in [-0.2, 0) is 11.3 Å². The van der Waals surface area contributed by atoms with Gasteiger partial charge in [0, 0.05) is 7.11 Å². The summed E-state index contributed by atoms with van der Waals surface area (Å²) in [5, 5.41) is 4.43. The lowest BCUT2D eigenvalue weighted by Gasteiger charge is -2.42. The van der Waals surface area contributed by atoms with Crippen LogP contribution in [0.1, 0.15) is 51.3 Å². The van der Waals surface area contributed by atoms with Gasteiger partial charge in [-0.05, 0) is 40.1 Å². The molecule has 1 aliphatic carbocycles. The van der Waals surface area contributed by atoms with Crippen LogP contribution in [0.5, 0.6) is 0 Å². The van der Waals surface area contributed by atoms with Crippen LogP contribution in [0, 0.1) is 11.3 Å². The summed E-state index contributed by atoms with van der Waals surface area (Å²) in [7, 11) is 1.71. The minimum absolute atomic E-state index is 0.0269. The van der Waals surface area contributed by atoms with Crippen molar-refractivity contribution in [2.24, 2.45) is 17.1 Å². The standard InChI is InChI=1S/C15H26BrN3O/c1-15(2)7-5-4-6-11(15)13(17)14-12(16)10-18-19(14)8-9-20-3/h10-11,13H,4-9,17H2,1-3H3. The Balaban J connectivity index is 2.23. The van der Waals surface area contributed by atoms with Crippen molar-refractivity contribution in [1.29, 1.82) is 0 Å². The highest BCUT2D eigenvalue weighted by Crippen LogP contribution is 2.46. The van der Waals surface area contributed by atoms with Crippen LogP contribution in [0.25, 0.3) is 0 Å². The zero-order valence-corrected chi connectivity index (χ0v) is 14.3. The first kappa shape index (κ1) is 16.0. The van der Waals surface area contributed by atoms with E-state index < -0.39 is 0 Å². The molecular weight excluding hydrogens is 318 g/mol. The summed E-state index contributed by atoms with van der Waals surface area (Å²) in [6.45, 7) is 6.10. The second kappa shape index (κ2) is 6.58. The van der Waals surface area contributed by atoms with Crippen LogP contribution in [-0.4, -0.2) is 23.5 Å². The molecule has 2 unspecified atom stereocenters. The number of rotatable bonds is 5. The summed E-state index contributed by atoms with van der Waals surface area (Å²) in [4.78, 5) is 0. The Morgan fingerprint density at radius 2 is 2.30 bits per heavy atom. The number of hydrogen-bond acceptors (Lipinski definition) is 3. The van der Waals surface area contributed by atoms with Gasteiger partial charge in [-0.15, -0.1) is 0 Å². The van der Waals surface area contributed by atoms with Crippen molar-refractivity contribution in [3.05, 3.63) is 16.4 Å². The van der Waals surface area contributed by atoms with Gasteiger partial charge in [0.1, 0.15) is 0 Å². The average Bonchev–Trinajstić information content (AvgIpc) is 2.76. The third kappa shape index (κ3) is 3.26. The van der Waals surface area contributed by atoms with Crippen molar-refractivity contribution in [3.8, 4) is 0 Å². The van der Waals surface area contributed by atoms with E-state index in [-0.39, 0.29) is 6.04 Å². The van der Waals surface area contributed by atoms with E-state index >= 15 is 0 Å². The average molecular weight is 344 g/mol. The lowest BCUT2D eigenvalue weighted by Crippen LogP contribution is -2.37. The largest absolute Gasteiger partial charge is 0.383 e. The highest BCUT2D eigenvalue weighted by Gasteiger charge is 2.38. The first-order valence-electron chi connectivity index (χ1n) is 7.43. The van der Waals surface area contributed by atoms with Gasteiger partial charge in [0.25, 0.3) is 0 Å². The lowest BCUT2D eigenvalue weighted by molar-refractivity contribution is 0.108. The van der Waals surface area contributed by atoms with Gasteiger partial charge in [-0.25, -0.2) is 0 Å². The topological polar surface area (TPSA) is 53.1 Å². The van der Waals surface area contributed by atoms with Gasteiger partial charge in [-0.3, -0.25) is 4.68 Å². The van der Waals surface area contributed by atoms with Gasteiger partial charge in [0.15, 0.2) is 0 Å². The van der Waals surface area contributed by atoms with Crippen molar-refractivity contribution >= 4 is 15.9 Å². The molecule has 1 fully saturated rings. The molecule has 1 aliphatic rings. The maximum absolute atomic E-state index is 6.63. The first-order valence-corrected chi connectivity index (χ1v) is 8.22. The molecule has 2 N–H and O–H groups in total. The molecule has 0 saturated heterocycles. The predicted octanol–water partition coefficient (Wildman–Crippen LogP) is 3.51. The molecule has 20 heavy (non-hydrogen) atoms. The summed E-state index contributed by atoms with van der Waals surface area (Å²) >= 11 is 3.61. The van der Waals surface area contributed by atoms with E-state index in [0.29, 0.717) is 17.9 Å². The monoisotopic (exact) mass is 343 g/mol. The number of nitrogens with zero attached hydrogens (tertiary/aromatic N) is 2. The molecule has 0 aromatic carbocycles. The number of nitrogens with two attached hydrogens (primary N) is 1. The Hall–Kier alpha value is -0.390. The third-order valence-corrected chi connectivity index (χ3v) is 5.29. The van der Waals surface area contributed by atoms with Crippen molar-refractivity contribution in [2.45, 2.75) is 52.1 Å². The first-order chi connectivity index (χ1) is 9.47. The number of aromatic nitrogens is 2. The molecule has 114 valence electrons. The molecule has 5 heteroatoms. The molecule has 1 saturated carbocycles. The molecular formula is C15H26BrN3O. The number of hydrogen-bond donors (Lipinski definition) is 1. The van der Waals surface area contributed by atoms with Gasteiger partial charge < -0.3 is 10.5 Å². The van der Waals surface area contributed by atoms with Gasteiger partial charge in [-0.2, -0.15) is 5.10 Å². The lowest BCUT2D eigenvalue weighted by atomic mass is 9.65. The molecule has 0 amide bonds. The Morgan fingerprint density at radius 3 is 2.95 bits per heavy atom. The minimum atomic E-state index is 0.0269. The summed E-state index contributed by atoms with van der Waals surface area (Å²) in [6.07, 6.45) is 6.91. The van der Waals surface area contributed by atoms with Gasteiger partial charge in [0.2, 0.25) is 0 Å². The third-order valence-electron chi connectivity index (χ3n) is 4.68. The molecule has 4 nitrogen and oxygen atoms in total. The molecule has 0 bridgehead atoms. The number of ether oxygens (including phenoxy) is 1. The highest BCUT2D eigenvalue weighted by atomic mass is 79.9. The zero-order valence-electron chi connectivity index (χ0n) is 12.7. The van der Waals surface area contributed by atoms with Gasteiger partial charge >= 0.3 is 0 Å². The Morgan fingerprint density at radius 1 is 1.55 bits per heavy atom. The van der Waals surface area contributed by atoms with E-state index in [1.807, 2.05) is 10.9 Å². The zero-order chi connectivity index (χ0) is 14.8. The number of halogens is 1. The van der Waals surface area contributed by atoms with Crippen LogP contribution in [0.3, 0.4) is 0 Å². The molecule has 2 rings (SSSR count). The summed E-state index contributed by atoms with van der Waals surface area (Å²) in [5.41, 5.74) is 8.04. The van der Waals surface area contributed by atoms with Crippen LogP contribution < -0.4 is 5.73 Å². The highest BCUT2D eigenvalue weighted by molar-refractivity contribution is 9.10. The van der Waals surface area contributed by atoms with Crippen molar-refractivity contribution < 1.29 is 4.74 Å². The maximum atomic E-state index is 6.63. The van der Waals surface area contributed by atoms with Crippen molar-refractivity contribution in [1.82, 2.24) is 9.78 Å². The molecule has 1 aromatic rings. The predicted molar refractivity (Wildman–Crippen MR) is 84.5 cm³/mol. The second-order valence-corrected chi connectivity index (χ2v) is 7.31. The van der Waals surface area contributed by atoms with E-state index in [1.165, 1.54) is 25.7 Å². The Labute approximate surface area is 130 Å². The second-order valence-electron chi connectivity index (χ2n) is 6.46. The van der Waals surface area contributed by atoms with Gasteiger partial charge in [-0.1, -0.05) is 26.7 Å². The van der Waals surface area contributed by atoms with E-state index in [9.17, 15) is 0 Å². The van der Waals surface area contributed by atoms with Crippen LogP contribution in [0.2, 0.25) is 0 Å². The molecule has 0 radical (unpaired) electrons. The SMILES string of the molecule is COCCn1ncc(Br)c1C(N)C1CCCCC1(C)C. The van der Waals surface area contributed by atoms with Crippen molar-refractivity contribution in [3.63, 3.8) is 0 Å². The molecule has 1 aromatic heterocycles. The quantitative estimate of drug-likeness (QED) is 0.889. The van der Waals surface area contributed by atoms with Gasteiger partial charge in [0.05, 0.1) is 35.6 Å². The van der Waals surface area contributed by atoms with E-state index in [2.05, 4.69) is 34.9 Å². The number of methoxy groups -OCH3 is 1. The smallest absolute Gasteiger partial charge is 0.0697 e.